The van der Waals surface area contributed by atoms with Crippen molar-refractivity contribution in [2.45, 2.75) is 12.8 Å². The van der Waals surface area contributed by atoms with Gasteiger partial charge >= 0.3 is 0 Å². The summed E-state index contributed by atoms with van der Waals surface area (Å²) in [5, 5.41) is 20.0. The third-order valence-corrected chi connectivity index (χ3v) is 3.70. The average Bonchev–Trinajstić information content (AvgIpc) is 2.48. The molecule has 1 aromatic rings. The summed E-state index contributed by atoms with van der Waals surface area (Å²) in [6.45, 7) is 0.864. The summed E-state index contributed by atoms with van der Waals surface area (Å²) in [4.78, 5) is 24.0. The molecule has 1 aliphatic heterocycles. The highest BCUT2D eigenvalue weighted by molar-refractivity contribution is 5.99. The zero-order valence-corrected chi connectivity index (χ0v) is 11.3. The summed E-state index contributed by atoms with van der Waals surface area (Å²) < 4.78 is 13.3. The molecule has 0 spiro atoms. The highest BCUT2D eigenvalue weighted by atomic mass is 19.1. The summed E-state index contributed by atoms with van der Waals surface area (Å²) in [5.41, 5.74) is 4.31. The number of rotatable bonds is 3. The van der Waals surface area contributed by atoms with E-state index < -0.39 is 22.3 Å². The van der Waals surface area contributed by atoms with Gasteiger partial charge in [0.2, 0.25) is 0 Å². The fourth-order valence-corrected chi connectivity index (χ4v) is 2.39. The Kier molecular flexibility index (Phi) is 4.37. The van der Waals surface area contributed by atoms with Gasteiger partial charge in [-0.3, -0.25) is 14.9 Å². The number of aliphatic hydroxyl groups excluding tert-OH is 1. The van der Waals surface area contributed by atoms with E-state index in [0.717, 1.165) is 6.07 Å². The molecule has 114 valence electrons. The Labute approximate surface area is 120 Å². The van der Waals surface area contributed by atoms with Crippen LogP contribution in [0.2, 0.25) is 0 Å². The number of amides is 1. The molecule has 2 rings (SSSR count). The first-order valence-corrected chi connectivity index (χ1v) is 6.57. The number of nitrogens with two attached hydrogens (primary N) is 1. The maximum atomic E-state index is 13.3. The van der Waals surface area contributed by atoms with Crippen LogP contribution >= 0.6 is 0 Å². The molecule has 1 aliphatic rings. The SMILES string of the molecule is Nc1cc(C(=O)N2CCC(CO)CC2)c([N+](=O)[O-])cc1F. The second-order valence-electron chi connectivity index (χ2n) is 5.07. The zero-order valence-electron chi connectivity index (χ0n) is 11.3. The fourth-order valence-electron chi connectivity index (χ4n) is 2.39. The van der Waals surface area contributed by atoms with Crippen LogP contribution < -0.4 is 5.73 Å². The molecule has 0 unspecified atom stereocenters. The molecule has 8 heteroatoms. The van der Waals surface area contributed by atoms with Gasteiger partial charge in [0.05, 0.1) is 16.7 Å². The lowest BCUT2D eigenvalue weighted by Crippen LogP contribution is -2.39. The smallest absolute Gasteiger partial charge is 0.285 e. The van der Waals surface area contributed by atoms with E-state index in [1.165, 1.54) is 4.90 Å². The van der Waals surface area contributed by atoms with Crippen LogP contribution in [0.4, 0.5) is 15.8 Å². The summed E-state index contributed by atoms with van der Waals surface area (Å²) in [5.74, 6) is -1.32. The molecule has 7 nitrogen and oxygen atoms in total. The number of anilines is 1. The van der Waals surface area contributed by atoms with Crippen molar-refractivity contribution in [1.29, 1.82) is 0 Å². The molecular weight excluding hydrogens is 281 g/mol. The first-order chi connectivity index (χ1) is 9.93. The Morgan fingerprint density at radius 1 is 1.48 bits per heavy atom. The van der Waals surface area contributed by atoms with Gasteiger partial charge in [0.25, 0.3) is 11.6 Å². The number of carbonyl (C=O) groups excluding carboxylic acids is 1. The van der Waals surface area contributed by atoms with Crippen molar-refractivity contribution in [2.24, 2.45) is 5.92 Å². The molecular formula is C13H16FN3O4. The Hall–Kier alpha value is -2.22. The number of aliphatic hydroxyl groups is 1. The zero-order chi connectivity index (χ0) is 15.6. The Morgan fingerprint density at radius 3 is 2.62 bits per heavy atom. The average molecular weight is 297 g/mol. The normalized spacial score (nSPS) is 16.0. The molecule has 1 heterocycles. The maximum Gasteiger partial charge on any atom is 0.285 e. The second kappa shape index (κ2) is 6.04. The molecule has 1 fully saturated rings. The number of hydrogen-bond donors (Lipinski definition) is 2. The molecule has 3 N–H and O–H groups in total. The van der Waals surface area contributed by atoms with Crippen LogP contribution in [-0.4, -0.2) is 40.5 Å². The van der Waals surface area contributed by atoms with Crippen molar-refractivity contribution >= 4 is 17.3 Å². The number of nitro benzene ring substituents is 1. The molecule has 1 aromatic carbocycles. The van der Waals surface area contributed by atoms with Crippen molar-refractivity contribution < 1.29 is 19.2 Å². The van der Waals surface area contributed by atoms with E-state index in [1.807, 2.05) is 0 Å². The van der Waals surface area contributed by atoms with E-state index in [9.17, 15) is 19.3 Å². The standard InChI is InChI=1S/C13H16FN3O4/c14-10-6-12(17(20)21)9(5-11(10)15)13(19)16-3-1-8(7-18)2-4-16/h5-6,8,18H,1-4,7,15H2. The van der Waals surface area contributed by atoms with Crippen LogP contribution in [0.25, 0.3) is 0 Å². The van der Waals surface area contributed by atoms with Crippen LogP contribution in [0.1, 0.15) is 23.2 Å². The van der Waals surface area contributed by atoms with Gasteiger partial charge in [-0.15, -0.1) is 0 Å². The lowest BCUT2D eigenvalue weighted by Gasteiger charge is -2.31. The van der Waals surface area contributed by atoms with Crippen molar-refractivity contribution in [3.8, 4) is 0 Å². The van der Waals surface area contributed by atoms with Gasteiger partial charge < -0.3 is 15.7 Å². The number of nitrogen functional groups attached to an aromatic ring is 1. The van der Waals surface area contributed by atoms with Gasteiger partial charge in [0.15, 0.2) is 5.82 Å². The number of carbonyl (C=O) groups is 1. The predicted molar refractivity (Wildman–Crippen MR) is 73.2 cm³/mol. The Balaban J connectivity index is 2.27. The minimum Gasteiger partial charge on any atom is -0.396 e. The number of hydrogen-bond acceptors (Lipinski definition) is 5. The van der Waals surface area contributed by atoms with Crippen LogP contribution in [0.3, 0.4) is 0 Å². The van der Waals surface area contributed by atoms with Crippen molar-refractivity contribution in [3.05, 3.63) is 33.6 Å². The van der Waals surface area contributed by atoms with Crippen LogP contribution in [-0.2, 0) is 0 Å². The molecule has 0 saturated carbocycles. The quantitative estimate of drug-likeness (QED) is 0.494. The second-order valence-corrected chi connectivity index (χ2v) is 5.07. The van der Waals surface area contributed by atoms with Gasteiger partial charge in [0.1, 0.15) is 5.56 Å². The van der Waals surface area contributed by atoms with E-state index in [-0.39, 0.29) is 23.8 Å². The van der Waals surface area contributed by atoms with E-state index in [0.29, 0.717) is 32.0 Å². The number of nitrogens with zero attached hydrogens (tertiary/aromatic N) is 2. The monoisotopic (exact) mass is 297 g/mol. The molecule has 1 saturated heterocycles. The highest BCUT2D eigenvalue weighted by Crippen LogP contribution is 2.27. The topological polar surface area (TPSA) is 110 Å². The van der Waals surface area contributed by atoms with Gasteiger partial charge in [-0.1, -0.05) is 0 Å². The van der Waals surface area contributed by atoms with Crippen LogP contribution in [0, 0.1) is 21.8 Å². The highest BCUT2D eigenvalue weighted by Gasteiger charge is 2.29. The molecule has 0 radical (unpaired) electrons. The number of likely N-dealkylation sites (tertiary alicyclic amines) is 1. The number of nitro groups is 1. The first-order valence-electron chi connectivity index (χ1n) is 6.57. The Morgan fingerprint density at radius 2 is 2.10 bits per heavy atom. The number of halogens is 1. The third-order valence-electron chi connectivity index (χ3n) is 3.70. The molecule has 1 amide bonds. The van der Waals surface area contributed by atoms with Crippen LogP contribution in [0.5, 0.6) is 0 Å². The van der Waals surface area contributed by atoms with Gasteiger partial charge in [-0.2, -0.15) is 0 Å². The number of piperidine rings is 1. The molecule has 0 aliphatic carbocycles. The molecule has 0 bridgehead atoms. The molecule has 0 aromatic heterocycles. The number of benzene rings is 1. The summed E-state index contributed by atoms with van der Waals surface area (Å²) in [6, 6.07) is 1.68. The lowest BCUT2D eigenvalue weighted by molar-refractivity contribution is -0.385. The van der Waals surface area contributed by atoms with Crippen LogP contribution in [0.15, 0.2) is 12.1 Å². The predicted octanol–water partition coefficient (Wildman–Crippen LogP) is 1.16. The Bertz CT molecular complexity index is 571. The molecule has 21 heavy (non-hydrogen) atoms. The van der Waals surface area contributed by atoms with Crippen molar-refractivity contribution in [3.63, 3.8) is 0 Å². The maximum absolute atomic E-state index is 13.3. The minimum atomic E-state index is -0.919. The van der Waals surface area contributed by atoms with Gasteiger partial charge in [-0.25, -0.2) is 4.39 Å². The van der Waals surface area contributed by atoms with E-state index in [4.69, 9.17) is 10.8 Å². The van der Waals surface area contributed by atoms with E-state index in [1.54, 1.807) is 0 Å². The molecule has 0 atom stereocenters. The van der Waals surface area contributed by atoms with Crippen molar-refractivity contribution in [1.82, 2.24) is 4.90 Å². The van der Waals surface area contributed by atoms with Gasteiger partial charge in [0, 0.05) is 19.7 Å². The first kappa shape index (κ1) is 15.2. The van der Waals surface area contributed by atoms with Crippen molar-refractivity contribution in [2.75, 3.05) is 25.4 Å². The van der Waals surface area contributed by atoms with E-state index in [2.05, 4.69) is 0 Å². The summed E-state index contributed by atoms with van der Waals surface area (Å²) >= 11 is 0. The van der Waals surface area contributed by atoms with Gasteiger partial charge in [-0.05, 0) is 24.8 Å². The third kappa shape index (κ3) is 3.10. The van der Waals surface area contributed by atoms with E-state index >= 15 is 0 Å². The fraction of sp³-hybridized carbons (Fsp3) is 0.462. The summed E-state index contributed by atoms with van der Waals surface area (Å²) in [7, 11) is 0. The largest absolute Gasteiger partial charge is 0.396 e. The lowest BCUT2D eigenvalue weighted by atomic mass is 9.97. The minimum absolute atomic E-state index is 0.0612. The summed E-state index contributed by atoms with van der Waals surface area (Å²) in [6.07, 6.45) is 1.26.